The smallest absolute Gasteiger partial charge is 0.348 e. The molecule has 0 radical (unpaired) electrons. The molecule has 2 atom stereocenters. The third kappa shape index (κ3) is 4.73. The van der Waals surface area contributed by atoms with Gasteiger partial charge in [0.25, 0.3) is 11.8 Å². The van der Waals surface area contributed by atoms with Gasteiger partial charge < -0.3 is 10.2 Å². The predicted octanol–water partition coefficient (Wildman–Crippen LogP) is 3.83. The molecule has 0 bridgehead atoms. The highest BCUT2D eigenvalue weighted by Crippen LogP contribution is 2.30. The predicted molar refractivity (Wildman–Crippen MR) is 110 cm³/mol. The molecule has 2 aliphatic heterocycles. The molecular formula is C22H20ClF4N3O2. The average molecular weight is 470 g/mol. The zero-order valence-electron chi connectivity index (χ0n) is 16.8. The van der Waals surface area contributed by atoms with E-state index in [-0.39, 0.29) is 34.1 Å². The number of alkyl halides is 3. The van der Waals surface area contributed by atoms with E-state index in [4.69, 9.17) is 11.6 Å². The van der Waals surface area contributed by atoms with Crippen molar-refractivity contribution in [1.82, 2.24) is 15.1 Å². The number of nitrogens with zero attached hydrogens (tertiary/aromatic N) is 2. The van der Waals surface area contributed by atoms with Crippen molar-refractivity contribution in [1.29, 1.82) is 0 Å². The standard InChI is InChI=1S/C22H20ClF4N3O2/c23-18-5-4-14(9-19(18)24)21(32)30-7-6-29-11-16(10-17(29)12-30)28-20(31)13-2-1-3-15(8-13)22(25,26)27/h1-5,8-9,16-17H,6-7,10-12H2,(H,28,31). The van der Waals surface area contributed by atoms with Gasteiger partial charge in [-0.25, -0.2) is 4.39 Å². The van der Waals surface area contributed by atoms with Crippen LogP contribution >= 0.6 is 11.6 Å². The van der Waals surface area contributed by atoms with E-state index in [0.29, 0.717) is 32.6 Å². The van der Waals surface area contributed by atoms with Gasteiger partial charge in [0, 0.05) is 49.4 Å². The summed E-state index contributed by atoms with van der Waals surface area (Å²) in [6, 6.07) is 8.00. The lowest BCUT2D eigenvalue weighted by molar-refractivity contribution is -0.137. The Hall–Kier alpha value is -2.65. The van der Waals surface area contributed by atoms with Gasteiger partial charge in [0.05, 0.1) is 10.6 Å². The molecule has 32 heavy (non-hydrogen) atoms. The normalized spacial score (nSPS) is 21.3. The second-order valence-electron chi connectivity index (χ2n) is 8.01. The van der Waals surface area contributed by atoms with Crippen molar-refractivity contribution in [3.05, 3.63) is 70.0 Å². The first-order valence-electron chi connectivity index (χ1n) is 10.1. The molecule has 2 amide bonds. The van der Waals surface area contributed by atoms with Crippen LogP contribution in [0, 0.1) is 5.82 Å². The molecule has 2 saturated heterocycles. The van der Waals surface area contributed by atoms with Crippen LogP contribution in [0.5, 0.6) is 0 Å². The molecule has 2 aromatic carbocycles. The molecular weight excluding hydrogens is 450 g/mol. The second kappa shape index (κ2) is 8.71. The van der Waals surface area contributed by atoms with Crippen LogP contribution in [0.3, 0.4) is 0 Å². The Kier molecular flexibility index (Phi) is 6.13. The van der Waals surface area contributed by atoms with Crippen molar-refractivity contribution in [2.24, 2.45) is 0 Å². The molecule has 0 spiro atoms. The van der Waals surface area contributed by atoms with Crippen molar-refractivity contribution in [3.8, 4) is 0 Å². The van der Waals surface area contributed by atoms with Gasteiger partial charge in [-0.1, -0.05) is 17.7 Å². The lowest BCUT2D eigenvalue weighted by Gasteiger charge is -2.37. The van der Waals surface area contributed by atoms with Gasteiger partial charge in [-0.15, -0.1) is 0 Å². The minimum Gasteiger partial charge on any atom is -0.348 e. The Morgan fingerprint density at radius 1 is 1.03 bits per heavy atom. The summed E-state index contributed by atoms with van der Waals surface area (Å²) in [6.45, 7) is 2.00. The first kappa shape index (κ1) is 22.5. The van der Waals surface area contributed by atoms with E-state index in [1.807, 2.05) is 0 Å². The van der Waals surface area contributed by atoms with Gasteiger partial charge in [-0.05, 0) is 42.8 Å². The van der Waals surface area contributed by atoms with Crippen LogP contribution in [0.1, 0.15) is 32.7 Å². The van der Waals surface area contributed by atoms with E-state index >= 15 is 0 Å². The van der Waals surface area contributed by atoms with Crippen LogP contribution in [0.25, 0.3) is 0 Å². The zero-order valence-corrected chi connectivity index (χ0v) is 17.6. The number of hydrogen-bond acceptors (Lipinski definition) is 3. The number of nitrogens with one attached hydrogen (secondary N) is 1. The fourth-order valence-corrected chi connectivity index (χ4v) is 4.37. The lowest BCUT2D eigenvalue weighted by atomic mass is 10.1. The molecule has 4 rings (SSSR count). The lowest BCUT2D eigenvalue weighted by Crippen LogP contribution is -2.52. The van der Waals surface area contributed by atoms with E-state index in [1.54, 1.807) is 4.90 Å². The molecule has 10 heteroatoms. The quantitative estimate of drug-likeness (QED) is 0.695. The number of carbonyl (C=O) groups excluding carboxylic acids is 2. The van der Waals surface area contributed by atoms with Crippen molar-refractivity contribution >= 4 is 23.4 Å². The topological polar surface area (TPSA) is 52.7 Å². The van der Waals surface area contributed by atoms with E-state index < -0.39 is 23.5 Å². The van der Waals surface area contributed by atoms with Gasteiger partial charge in [0.2, 0.25) is 0 Å². The van der Waals surface area contributed by atoms with Crippen molar-refractivity contribution < 1.29 is 27.2 Å². The summed E-state index contributed by atoms with van der Waals surface area (Å²) >= 11 is 5.68. The summed E-state index contributed by atoms with van der Waals surface area (Å²) in [5.41, 5.74) is -0.708. The Labute approximate surface area is 186 Å². The molecule has 2 unspecified atom stereocenters. The highest BCUT2D eigenvalue weighted by atomic mass is 35.5. The van der Waals surface area contributed by atoms with Gasteiger partial charge in [-0.2, -0.15) is 13.2 Å². The van der Waals surface area contributed by atoms with Crippen molar-refractivity contribution in [2.45, 2.75) is 24.7 Å². The maximum absolute atomic E-state index is 13.7. The first-order valence-corrected chi connectivity index (χ1v) is 10.5. The molecule has 2 fully saturated rings. The second-order valence-corrected chi connectivity index (χ2v) is 8.42. The fraction of sp³-hybridized carbons (Fsp3) is 0.364. The van der Waals surface area contributed by atoms with Crippen LogP contribution in [0.4, 0.5) is 17.6 Å². The van der Waals surface area contributed by atoms with E-state index in [9.17, 15) is 27.2 Å². The Morgan fingerprint density at radius 3 is 2.53 bits per heavy atom. The molecule has 170 valence electrons. The Morgan fingerprint density at radius 2 is 1.81 bits per heavy atom. The van der Waals surface area contributed by atoms with Crippen LogP contribution in [0.15, 0.2) is 42.5 Å². The average Bonchev–Trinajstić information content (AvgIpc) is 3.16. The number of amides is 2. The largest absolute Gasteiger partial charge is 0.416 e. The maximum Gasteiger partial charge on any atom is 0.416 e. The highest BCUT2D eigenvalue weighted by Gasteiger charge is 2.38. The zero-order chi connectivity index (χ0) is 23.0. The van der Waals surface area contributed by atoms with Gasteiger partial charge in [0.1, 0.15) is 5.82 Å². The van der Waals surface area contributed by atoms with Crippen LogP contribution in [0.2, 0.25) is 5.02 Å². The number of fused-ring (bicyclic) bond motifs is 1. The van der Waals surface area contributed by atoms with Gasteiger partial charge >= 0.3 is 6.18 Å². The fourth-order valence-electron chi connectivity index (χ4n) is 4.25. The molecule has 0 aliphatic carbocycles. The molecule has 0 aromatic heterocycles. The molecule has 2 aromatic rings. The number of piperazine rings is 1. The van der Waals surface area contributed by atoms with Crippen molar-refractivity contribution in [2.75, 3.05) is 26.2 Å². The molecule has 5 nitrogen and oxygen atoms in total. The number of hydrogen-bond donors (Lipinski definition) is 1. The van der Waals surface area contributed by atoms with Gasteiger partial charge in [0.15, 0.2) is 0 Å². The SMILES string of the molecule is O=C(NC1CC2CN(C(=O)c3ccc(Cl)c(F)c3)CCN2C1)c1cccc(C(F)(F)F)c1. The van der Waals surface area contributed by atoms with E-state index in [2.05, 4.69) is 10.2 Å². The summed E-state index contributed by atoms with van der Waals surface area (Å²) in [4.78, 5) is 29.0. The van der Waals surface area contributed by atoms with Crippen molar-refractivity contribution in [3.63, 3.8) is 0 Å². The summed E-state index contributed by atoms with van der Waals surface area (Å²) in [7, 11) is 0. The first-order chi connectivity index (χ1) is 15.1. The molecule has 0 saturated carbocycles. The number of halogens is 5. The summed E-state index contributed by atoms with van der Waals surface area (Å²) in [6.07, 6.45) is -3.96. The highest BCUT2D eigenvalue weighted by molar-refractivity contribution is 6.30. The minimum atomic E-state index is -4.52. The Balaban J connectivity index is 1.37. The summed E-state index contributed by atoms with van der Waals surface area (Å²) < 4.78 is 52.4. The molecule has 1 N–H and O–H groups in total. The number of carbonyl (C=O) groups is 2. The van der Waals surface area contributed by atoms with E-state index in [0.717, 1.165) is 18.2 Å². The van der Waals surface area contributed by atoms with Gasteiger partial charge in [-0.3, -0.25) is 14.5 Å². The molecule has 2 heterocycles. The van der Waals surface area contributed by atoms with Crippen LogP contribution in [-0.4, -0.2) is 59.9 Å². The van der Waals surface area contributed by atoms with Crippen LogP contribution in [-0.2, 0) is 6.18 Å². The van der Waals surface area contributed by atoms with Crippen LogP contribution < -0.4 is 5.32 Å². The summed E-state index contributed by atoms with van der Waals surface area (Å²) in [5.74, 6) is -1.52. The third-order valence-electron chi connectivity index (χ3n) is 5.86. The number of benzene rings is 2. The minimum absolute atomic E-state index is 0.00310. The molecule has 2 aliphatic rings. The third-order valence-corrected chi connectivity index (χ3v) is 6.16. The Bertz CT molecular complexity index is 1050. The monoisotopic (exact) mass is 469 g/mol. The van der Waals surface area contributed by atoms with E-state index in [1.165, 1.54) is 24.3 Å². The number of rotatable bonds is 3. The summed E-state index contributed by atoms with van der Waals surface area (Å²) in [5, 5.41) is 2.75. The maximum atomic E-state index is 13.7.